The fourth-order valence-corrected chi connectivity index (χ4v) is 3.25. The van der Waals surface area contributed by atoms with E-state index in [1.807, 2.05) is 0 Å². The van der Waals surface area contributed by atoms with Crippen LogP contribution < -0.4 is 5.32 Å². The van der Waals surface area contributed by atoms with Crippen molar-refractivity contribution in [3.05, 3.63) is 35.4 Å². The number of nitrogens with one attached hydrogen (secondary N) is 1. The summed E-state index contributed by atoms with van der Waals surface area (Å²) in [5, 5.41) is 22.8. The number of carbonyl (C=O) groups excluding carboxylic acids is 1. The normalized spacial score (nSPS) is 22.1. The van der Waals surface area contributed by atoms with Gasteiger partial charge in [-0.15, -0.1) is 0 Å². The highest BCUT2D eigenvalue weighted by Gasteiger charge is 2.37. The average molecular weight is 316 g/mol. The first-order valence-corrected chi connectivity index (χ1v) is 8.13. The van der Waals surface area contributed by atoms with Gasteiger partial charge in [0, 0.05) is 6.54 Å². The van der Waals surface area contributed by atoms with Crippen LogP contribution in [0, 0.1) is 16.7 Å². The van der Waals surface area contributed by atoms with Gasteiger partial charge in [0.05, 0.1) is 30.8 Å². The van der Waals surface area contributed by atoms with E-state index in [2.05, 4.69) is 11.4 Å². The zero-order valence-corrected chi connectivity index (χ0v) is 13.5. The van der Waals surface area contributed by atoms with Gasteiger partial charge in [0.15, 0.2) is 0 Å². The lowest BCUT2D eigenvalue weighted by atomic mass is 9.73. The van der Waals surface area contributed by atoms with Gasteiger partial charge >= 0.3 is 5.97 Å². The molecule has 0 aromatic heterocycles. The number of rotatable bonds is 6. The molecule has 0 bridgehead atoms. The Bertz CT molecular complexity index is 557. The van der Waals surface area contributed by atoms with Crippen LogP contribution in [0.3, 0.4) is 0 Å². The Kier molecular flexibility index (Phi) is 6.14. The molecule has 0 radical (unpaired) electrons. The maximum atomic E-state index is 12.0. The van der Waals surface area contributed by atoms with E-state index in [9.17, 15) is 9.90 Å². The number of aliphatic hydroxyl groups is 1. The highest BCUT2D eigenvalue weighted by molar-refractivity contribution is 5.70. The second kappa shape index (κ2) is 8.09. The summed E-state index contributed by atoms with van der Waals surface area (Å²) in [5.41, 5.74) is 1.07. The molecule has 0 amide bonds. The summed E-state index contributed by atoms with van der Waals surface area (Å²) in [6.45, 7) is 3.83. The van der Waals surface area contributed by atoms with Gasteiger partial charge in [-0.1, -0.05) is 12.1 Å². The number of hydrogen-bond acceptors (Lipinski definition) is 5. The molecule has 2 atom stereocenters. The molecule has 1 heterocycles. The number of hydrogen-bond donors (Lipinski definition) is 2. The largest absolute Gasteiger partial charge is 0.466 e. The Labute approximate surface area is 137 Å². The standard InChI is InChI=1S/C18H24N2O3/c1-2-23-17(22)11-18(8-3-9-20-13-18)10-16(21)15-6-4-14(12-19)5-7-15/h4-7,16,20-21H,2-3,8-11,13H2,1H3/t16?,18-/m1/s1. The van der Waals surface area contributed by atoms with E-state index in [0.717, 1.165) is 24.9 Å². The van der Waals surface area contributed by atoms with Gasteiger partial charge in [-0.25, -0.2) is 0 Å². The molecule has 5 heteroatoms. The Balaban J connectivity index is 2.09. The molecule has 2 rings (SSSR count). The van der Waals surface area contributed by atoms with Crippen molar-refractivity contribution in [2.75, 3.05) is 19.7 Å². The van der Waals surface area contributed by atoms with Crippen LogP contribution >= 0.6 is 0 Å². The molecular weight excluding hydrogens is 292 g/mol. The van der Waals surface area contributed by atoms with Crippen molar-refractivity contribution >= 4 is 5.97 Å². The number of aliphatic hydroxyl groups excluding tert-OH is 1. The van der Waals surface area contributed by atoms with Crippen LogP contribution in [-0.4, -0.2) is 30.8 Å². The minimum absolute atomic E-state index is 0.205. The molecule has 2 N–H and O–H groups in total. The lowest BCUT2D eigenvalue weighted by Crippen LogP contribution is -2.42. The zero-order chi connectivity index (χ0) is 16.7. The van der Waals surface area contributed by atoms with Gasteiger partial charge in [0.2, 0.25) is 0 Å². The number of nitriles is 1. The van der Waals surface area contributed by atoms with Crippen molar-refractivity contribution in [3.8, 4) is 6.07 Å². The van der Waals surface area contributed by atoms with Crippen LogP contribution in [0.5, 0.6) is 0 Å². The molecule has 0 aliphatic carbocycles. The molecule has 1 aliphatic heterocycles. The summed E-state index contributed by atoms with van der Waals surface area (Å²) >= 11 is 0. The van der Waals surface area contributed by atoms with Gasteiger partial charge in [0.25, 0.3) is 0 Å². The third-order valence-electron chi connectivity index (χ3n) is 4.44. The second-order valence-corrected chi connectivity index (χ2v) is 6.22. The summed E-state index contributed by atoms with van der Waals surface area (Å²) in [7, 11) is 0. The zero-order valence-electron chi connectivity index (χ0n) is 13.5. The monoisotopic (exact) mass is 316 g/mol. The third-order valence-corrected chi connectivity index (χ3v) is 4.44. The molecule has 23 heavy (non-hydrogen) atoms. The SMILES string of the molecule is CCOC(=O)C[C@]1(CC(O)c2ccc(C#N)cc2)CCCNC1. The van der Waals surface area contributed by atoms with E-state index < -0.39 is 6.10 Å². The number of piperidine rings is 1. The number of ether oxygens (including phenoxy) is 1. The van der Waals surface area contributed by atoms with E-state index in [1.54, 1.807) is 31.2 Å². The summed E-state index contributed by atoms with van der Waals surface area (Å²) in [4.78, 5) is 12.0. The lowest BCUT2D eigenvalue weighted by Gasteiger charge is -2.38. The van der Waals surface area contributed by atoms with E-state index in [0.29, 0.717) is 31.6 Å². The molecule has 124 valence electrons. The highest BCUT2D eigenvalue weighted by Crippen LogP contribution is 2.39. The van der Waals surface area contributed by atoms with Crippen LogP contribution in [0.1, 0.15) is 49.8 Å². The molecule has 1 fully saturated rings. The fraction of sp³-hybridized carbons (Fsp3) is 0.556. The first kappa shape index (κ1) is 17.5. The fourth-order valence-electron chi connectivity index (χ4n) is 3.25. The quantitative estimate of drug-likeness (QED) is 0.787. The molecule has 1 aromatic rings. The summed E-state index contributed by atoms with van der Waals surface area (Å²) in [6.07, 6.45) is 2.05. The molecule has 0 saturated carbocycles. The van der Waals surface area contributed by atoms with Crippen molar-refractivity contribution in [1.82, 2.24) is 5.32 Å². The minimum Gasteiger partial charge on any atom is -0.466 e. The lowest BCUT2D eigenvalue weighted by molar-refractivity contribution is -0.146. The van der Waals surface area contributed by atoms with Gasteiger partial charge in [-0.05, 0) is 55.8 Å². The van der Waals surface area contributed by atoms with E-state index >= 15 is 0 Å². The first-order chi connectivity index (χ1) is 11.1. The number of carbonyl (C=O) groups is 1. The van der Waals surface area contributed by atoms with Gasteiger partial charge in [-0.3, -0.25) is 4.79 Å². The Hall–Kier alpha value is -1.90. The molecule has 0 spiro atoms. The summed E-state index contributed by atoms with van der Waals surface area (Å²) < 4.78 is 5.10. The van der Waals surface area contributed by atoms with Crippen LogP contribution in [0.15, 0.2) is 24.3 Å². The third kappa shape index (κ3) is 4.78. The molecule has 1 aromatic carbocycles. The maximum absolute atomic E-state index is 12.0. The summed E-state index contributed by atoms with van der Waals surface area (Å²) in [6, 6.07) is 9.03. The number of nitrogens with zero attached hydrogens (tertiary/aromatic N) is 1. The van der Waals surface area contributed by atoms with Crippen molar-refractivity contribution in [2.24, 2.45) is 5.41 Å². The molecule has 1 unspecified atom stereocenters. The van der Waals surface area contributed by atoms with E-state index in [1.165, 1.54) is 0 Å². The van der Waals surface area contributed by atoms with Crippen LogP contribution in [0.25, 0.3) is 0 Å². The Morgan fingerprint density at radius 3 is 2.78 bits per heavy atom. The minimum atomic E-state index is -0.655. The maximum Gasteiger partial charge on any atom is 0.306 e. The molecule has 1 saturated heterocycles. The Morgan fingerprint density at radius 2 is 2.22 bits per heavy atom. The smallest absolute Gasteiger partial charge is 0.306 e. The van der Waals surface area contributed by atoms with Crippen molar-refractivity contribution in [2.45, 2.75) is 38.7 Å². The molecular formula is C18H24N2O3. The molecule has 1 aliphatic rings. The van der Waals surface area contributed by atoms with Crippen molar-refractivity contribution in [1.29, 1.82) is 5.26 Å². The van der Waals surface area contributed by atoms with Gasteiger partial charge in [0.1, 0.15) is 0 Å². The average Bonchev–Trinajstić information content (AvgIpc) is 2.55. The molecule has 5 nitrogen and oxygen atoms in total. The van der Waals surface area contributed by atoms with Crippen LogP contribution in [0.4, 0.5) is 0 Å². The topological polar surface area (TPSA) is 82.3 Å². The van der Waals surface area contributed by atoms with Crippen molar-refractivity contribution < 1.29 is 14.6 Å². The van der Waals surface area contributed by atoms with Crippen molar-refractivity contribution in [3.63, 3.8) is 0 Å². The number of esters is 1. The number of benzene rings is 1. The van der Waals surface area contributed by atoms with Gasteiger partial charge in [-0.2, -0.15) is 5.26 Å². The van der Waals surface area contributed by atoms with Crippen LogP contribution in [0.2, 0.25) is 0 Å². The van der Waals surface area contributed by atoms with Gasteiger partial charge < -0.3 is 15.2 Å². The van der Waals surface area contributed by atoms with E-state index in [4.69, 9.17) is 10.00 Å². The highest BCUT2D eigenvalue weighted by atomic mass is 16.5. The Morgan fingerprint density at radius 1 is 1.48 bits per heavy atom. The van der Waals surface area contributed by atoms with Crippen LogP contribution in [-0.2, 0) is 9.53 Å². The summed E-state index contributed by atoms with van der Waals surface area (Å²) in [5.74, 6) is -0.205. The van der Waals surface area contributed by atoms with E-state index in [-0.39, 0.29) is 11.4 Å². The second-order valence-electron chi connectivity index (χ2n) is 6.22. The predicted molar refractivity (Wildman–Crippen MR) is 86.5 cm³/mol. The first-order valence-electron chi connectivity index (χ1n) is 8.13. The predicted octanol–water partition coefficient (Wildman–Crippen LogP) is 2.30.